The van der Waals surface area contributed by atoms with Gasteiger partial charge in [-0.15, -0.1) is 0 Å². The van der Waals surface area contributed by atoms with Gasteiger partial charge in [0.05, 0.1) is 36.4 Å². The zero-order valence-corrected chi connectivity index (χ0v) is 12.4. The van der Waals surface area contributed by atoms with Crippen molar-refractivity contribution in [1.29, 1.82) is 0 Å². The summed E-state index contributed by atoms with van der Waals surface area (Å²) < 4.78 is 7.64. The summed E-state index contributed by atoms with van der Waals surface area (Å²) in [7, 11) is 0. The van der Waals surface area contributed by atoms with Crippen LogP contribution in [-0.2, 0) is 11.3 Å². The molecule has 6 heteroatoms. The van der Waals surface area contributed by atoms with Crippen LogP contribution >= 0.6 is 0 Å². The average molecular weight is 301 g/mol. The molecule has 4 rings (SSSR count). The van der Waals surface area contributed by atoms with E-state index in [0.717, 1.165) is 62.5 Å². The third kappa shape index (κ3) is 2.48. The highest BCUT2D eigenvalue weighted by Gasteiger charge is 2.29. The number of fused-ring (bicyclic) bond motifs is 1. The van der Waals surface area contributed by atoms with Crippen LogP contribution in [0.2, 0.25) is 0 Å². The number of rotatable bonds is 4. The summed E-state index contributed by atoms with van der Waals surface area (Å²) in [6, 6.07) is 5.68. The number of imidazole rings is 1. The molecule has 2 aliphatic rings. The van der Waals surface area contributed by atoms with Crippen molar-refractivity contribution in [3.8, 4) is 0 Å². The molecule has 0 amide bonds. The zero-order valence-electron chi connectivity index (χ0n) is 12.4. The lowest BCUT2D eigenvalue weighted by Gasteiger charge is -2.26. The number of aromatic carboxylic acids is 1. The summed E-state index contributed by atoms with van der Waals surface area (Å²) in [5, 5.41) is 9.21. The van der Waals surface area contributed by atoms with Gasteiger partial charge in [-0.2, -0.15) is 0 Å². The Labute approximate surface area is 128 Å². The molecule has 6 nitrogen and oxygen atoms in total. The Balaban J connectivity index is 1.73. The topological polar surface area (TPSA) is 67.6 Å². The van der Waals surface area contributed by atoms with E-state index in [4.69, 9.17) is 9.72 Å². The molecule has 2 aromatic rings. The van der Waals surface area contributed by atoms with Gasteiger partial charge in [-0.3, -0.25) is 4.90 Å². The van der Waals surface area contributed by atoms with Gasteiger partial charge < -0.3 is 14.4 Å². The summed E-state index contributed by atoms with van der Waals surface area (Å²) in [5.41, 5.74) is 2.16. The molecule has 0 radical (unpaired) electrons. The van der Waals surface area contributed by atoms with Gasteiger partial charge in [-0.25, -0.2) is 9.78 Å². The minimum absolute atomic E-state index is 0.326. The molecule has 22 heavy (non-hydrogen) atoms. The predicted octanol–water partition coefficient (Wildman–Crippen LogP) is 1.90. The summed E-state index contributed by atoms with van der Waals surface area (Å²) in [4.78, 5) is 18.3. The Morgan fingerprint density at radius 3 is 2.77 bits per heavy atom. The maximum Gasteiger partial charge on any atom is 0.335 e. The van der Waals surface area contributed by atoms with E-state index >= 15 is 0 Å². The van der Waals surface area contributed by atoms with Crippen molar-refractivity contribution < 1.29 is 14.6 Å². The molecule has 1 saturated heterocycles. The SMILES string of the molecule is O=C(O)c1ccc2nc(CN3CCOCC3)n(C3CC3)c2c1. The van der Waals surface area contributed by atoms with Crippen LogP contribution in [0, 0.1) is 0 Å². The Bertz CT molecular complexity index is 715. The van der Waals surface area contributed by atoms with Crippen LogP contribution < -0.4 is 0 Å². The number of nitrogens with zero attached hydrogens (tertiary/aromatic N) is 3. The van der Waals surface area contributed by atoms with Crippen molar-refractivity contribution in [3.05, 3.63) is 29.6 Å². The van der Waals surface area contributed by atoms with Gasteiger partial charge in [0.15, 0.2) is 0 Å². The maximum atomic E-state index is 11.2. The van der Waals surface area contributed by atoms with Crippen LogP contribution in [0.25, 0.3) is 11.0 Å². The Morgan fingerprint density at radius 2 is 2.09 bits per heavy atom. The molecule has 1 aliphatic carbocycles. The van der Waals surface area contributed by atoms with Gasteiger partial charge in [0.25, 0.3) is 0 Å². The monoisotopic (exact) mass is 301 g/mol. The molecule has 0 atom stereocenters. The largest absolute Gasteiger partial charge is 0.478 e. The van der Waals surface area contributed by atoms with Crippen molar-refractivity contribution in [2.75, 3.05) is 26.3 Å². The number of ether oxygens (including phenoxy) is 1. The van der Waals surface area contributed by atoms with E-state index in [-0.39, 0.29) is 0 Å². The van der Waals surface area contributed by atoms with Gasteiger partial charge in [-0.1, -0.05) is 0 Å². The Hall–Kier alpha value is -1.92. The first kappa shape index (κ1) is 13.7. The van der Waals surface area contributed by atoms with Crippen molar-refractivity contribution in [3.63, 3.8) is 0 Å². The third-order valence-electron chi connectivity index (χ3n) is 4.39. The molecule has 1 aromatic heterocycles. The second-order valence-electron chi connectivity index (χ2n) is 6.03. The molecule has 1 N–H and O–H groups in total. The molecule has 0 unspecified atom stereocenters. The van der Waals surface area contributed by atoms with Crippen LogP contribution in [-0.4, -0.2) is 51.8 Å². The normalized spacial score (nSPS) is 19.6. The highest BCUT2D eigenvalue weighted by Crippen LogP contribution is 2.39. The summed E-state index contributed by atoms with van der Waals surface area (Å²) >= 11 is 0. The standard InChI is InChI=1S/C16H19N3O3/c20-16(21)11-1-4-13-14(9-11)19(12-2-3-12)15(17-13)10-18-5-7-22-8-6-18/h1,4,9,12H,2-3,5-8,10H2,(H,20,21). The lowest BCUT2D eigenvalue weighted by atomic mass is 10.2. The van der Waals surface area contributed by atoms with Crippen LogP contribution in [0.3, 0.4) is 0 Å². The quantitative estimate of drug-likeness (QED) is 0.934. The fraction of sp³-hybridized carbons (Fsp3) is 0.500. The molecule has 2 fully saturated rings. The molecular weight excluding hydrogens is 282 g/mol. The van der Waals surface area contributed by atoms with Gasteiger partial charge >= 0.3 is 5.97 Å². The fourth-order valence-electron chi connectivity index (χ4n) is 3.09. The maximum absolute atomic E-state index is 11.2. The van der Waals surface area contributed by atoms with Crippen molar-refractivity contribution in [2.45, 2.75) is 25.4 Å². The van der Waals surface area contributed by atoms with E-state index < -0.39 is 5.97 Å². The van der Waals surface area contributed by atoms with E-state index in [1.54, 1.807) is 12.1 Å². The van der Waals surface area contributed by atoms with Crippen LogP contribution in [0.15, 0.2) is 18.2 Å². The van der Waals surface area contributed by atoms with Crippen LogP contribution in [0.1, 0.15) is 35.1 Å². The molecule has 1 saturated carbocycles. The van der Waals surface area contributed by atoms with Gasteiger partial charge in [-0.05, 0) is 31.0 Å². The first-order chi connectivity index (χ1) is 10.7. The third-order valence-corrected chi connectivity index (χ3v) is 4.39. The van der Waals surface area contributed by atoms with Crippen molar-refractivity contribution >= 4 is 17.0 Å². The Kier molecular flexibility index (Phi) is 3.35. The zero-order chi connectivity index (χ0) is 15.1. The van der Waals surface area contributed by atoms with Crippen molar-refractivity contribution in [2.24, 2.45) is 0 Å². The lowest BCUT2D eigenvalue weighted by molar-refractivity contribution is 0.0326. The molecule has 2 heterocycles. The molecular formula is C16H19N3O3. The van der Waals surface area contributed by atoms with Gasteiger partial charge in [0.1, 0.15) is 5.82 Å². The van der Waals surface area contributed by atoms with E-state index in [1.165, 1.54) is 0 Å². The van der Waals surface area contributed by atoms with Gasteiger partial charge in [0, 0.05) is 19.1 Å². The molecule has 0 spiro atoms. The van der Waals surface area contributed by atoms with Crippen LogP contribution in [0.5, 0.6) is 0 Å². The van der Waals surface area contributed by atoms with E-state index in [9.17, 15) is 9.90 Å². The van der Waals surface area contributed by atoms with Gasteiger partial charge in [0.2, 0.25) is 0 Å². The summed E-state index contributed by atoms with van der Waals surface area (Å²) in [6.45, 7) is 4.19. The molecule has 116 valence electrons. The second-order valence-corrected chi connectivity index (χ2v) is 6.03. The summed E-state index contributed by atoms with van der Waals surface area (Å²) in [5.74, 6) is 0.155. The highest BCUT2D eigenvalue weighted by atomic mass is 16.5. The number of morpholine rings is 1. The van der Waals surface area contributed by atoms with E-state index in [1.807, 2.05) is 6.07 Å². The number of carboxylic acids is 1. The average Bonchev–Trinajstić information content (AvgIpc) is 3.29. The predicted molar refractivity (Wildman–Crippen MR) is 81.1 cm³/mol. The number of hydrogen-bond acceptors (Lipinski definition) is 4. The highest BCUT2D eigenvalue weighted by molar-refractivity contribution is 5.92. The van der Waals surface area contributed by atoms with Crippen molar-refractivity contribution in [1.82, 2.24) is 14.5 Å². The number of aromatic nitrogens is 2. The molecule has 1 aliphatic heterocycles. The number of benzene rings is 1. The fourth-order valence-corrected chi connectivity index (χ4v) is 3.09. The smallest absolute Gasteiger partial charge is 0.335 e. The minimum atomic E-state index is -0.889. The number of carboxylic acid groups (broad SMARTS) is 1. The van der Waals surface area contributed by atoms with Crippen LogP contribution in [0.4, 0.5) is 0 Å². The second kappa shape index (κ2) is 5.37. The van der Waals surface area contributed by atoms with E-state index in [0.29, 0.717) is 11.6 Å². The number of carbonyl (C=O) groups is 1. The first-order valence-corrected chi connectivity index (χ1v) is 7.76. The summed E-state index contributed by atoms with van der Waals surface area (Å²) in [6.07, 6.45) is 2.30. The lowest BCUT2D eigenvalue weighted by Crippen LogP contribution is -2.36. The Morgan fingerprint density at radius 1 is 1.32 bits per heavy atom. The molecule has 0 bridgehead atoms. The first-order valence-electron chi connectivity index (χ1n) is 7.76. The number of hydrogen-bond donors (Lipinski definition) is 1. The molecule has 1 aromatic carbocycles. The van der Waals surface area contributed by atoms with E-state index in [2.05, 4.69) is 9.47 Å². The minimum Gasteiger partial charge on any atom is -0.478 e.